The number of piperidine rings is 1. The van der Waals surface area contributed by atoms with Crippen molar-refractivity contribution < 1.29 is 48.3 Å². The van der Waals surface area contributed by atoms with E-state index in [1.165, 1.54) is 27.4 Å². The minimum absolute atomic E-state index is 0.0136. The maximum absolute atomic E-state index is 14.4. The number of phenolic OH excluding ortho intramolecular Hbond substituents is 2. The third-order valence-corrected chi connectivity index (χ3v) is 12.6. The van der Waals surface area contributed by atoms with Crippen LogP contribution in [0.3, 0.4) is 0 Å². The van der Waals surface area contributed by atoms with Crippen molar-refractivity contribution in [1.29, 1.82) is 0 Å². The zero-order valence-corrected chi connectivity index (χ0v) is 36.4. The molecule has 1 fully saturated rings. The number of allylic oxidation sites excluding steroid dienone is 1. The number of rotatable bonds is 12. The highest BCUT2D eigenvalue weighted by Gasteiger charge is 2.39. The Morgan fingerprint density at radius 2 is 1.72 bits per heavy atom. The van der Waals surface area contributed by atoms with Crippen LogP contribution in [0, 0.1) is 5.92 Å². The number of Topliss-reactive ketones (excluding diaryl/α,β-unsaturated/α-hetero) is 1. The number of cyclic esters (lactones) is 1. The van der Waals surface area contributed by atoms with Gasteiger partial charge >= 0.3 is 5.97 Å². The highest BCUT2D eigenvalue weighted by atomic mass is 32.2. The normalized spacial score (nSPS) is 20.8. The molecule has 14 nitrogen and oxygen atoms in total. The Kier molecular flexibility index (Phi) is 15.1. The third-order valence-electron chi connectivity index (χ3n) is 11.9. The number of aromatic hydroxyl groups is 2. The van der Waals surface area contributed by atoms with Crippen molar-refractivity contribution in [3.05, 3.63) is 80.8 Å². The first-order chi connectivity index (χ1) is 29.4. The summed E-state index contributed by atoms with van der Waals surface area (Å²) in [7, 11) is 4.34. The lowest BCUT2D eigenvalue weighted by atomic mass is 9.83. The summed E-state index contributed by atoms with van der Waals surface area (Å²) in [5.74, 6) is -2.09. The maximum atomic E-state index is 14.4. The Morgan fingerprint density at radius 3 is 2.43 bits per heavy atom. The number of amides is 2. The summed E-state index contributed by atoms with van der Waals surface area (Å²) in [6.45, 7) is 3.10. The van der Waals surface area contributed by atoms with Gasteiger partial charge in [-0.15, -0.1) is 0 Å². The number of aromatic nitrogens is 1. The number of ether oxygens (including phenoxy) is 4. The minimum atomic E-state index is -1.12. The molecule has 15 heteroatoms. The van der Waals surface area contributed by atoms with Gasteiger partial charge in [0.05, 0.1) is 27.4 Å². The summed E-state index contributed by atoms with van der Waals surface area (Å²) in [4.78, 5) is 69.6. The Labute approximate surface area is 360 Å². The smallest absolute Gasteiger partial charge is 0.342 e. The molecule has 2 bridgehead atoms. The van der Waals surface area contributed by atoms with Crippen LogP contribution in [0.1, 0.15) is 109 Å². The number of hydrogen-bond donors (Lipinski definition) is 3. The molecule has 61 heavy (non-hydrogen) atoms. The summed E-state index contributed by atoms with van der Waals surface area (Å²) >= 11 is 1.55. The molecule has 1 aromatic heterocycles. The molecular weight excluding hydrogens is 803 g/mol. The lowest BCUT2D eigenvalue weighted by Crippen LogP contribution is -2.55. The number of ketones is 1. The molecule has 1 unspecified atom stereocenters. The number of methoxy groups -OCH3 is 3. The van der Waals surface area contributed by atoms with Crippen LogP contribution in [0.4, 0.5) is 0 Å². The molecule has 6 rings (SSSR count). The number of nitrogens with zero attached hydrogens (tertiary/aromatic N) is 2. The average Bonchev–Trinajstić information content (AvgIpc) is 3.23. The van der Waals surface area contributed by atoms with E-state index in [2.05, 4.69) is 5.32 Å². The van der Waals surface area contributed by atoms with Gasteiger partial charge in [0.25, 0.3) is 5.56 Å². The fraction of sp³-hybridized carbons (Fsp3) is 0.500. The Balaban J connectivity index is 1.38. The predicted octanol–water partition coefficient (Wildman–Crippen LogP) is 6.17. The summed E-state index contributed by atoms with van der Waals surface area (Å²) in [6.07, 6.45) is 8.46. The Hall–Kier alpha value is -5.44. The number of esters is 1. The first kappa shape index (κ1) is 45.1. The maximum Gasteiger partial charge on any atom is 0.342 e. The van der Waals surface area contributed by atoms with Gasteiger partial charge in [-0.2, -0.15) is 11.8 Å². The summed E-state index contributed by atoms with van der Waals surface area (Å²) in [6, 6.07) is 8.93. The second kappa shape index (κ2) is 20.4. The molecule has 1 saturated heterocycles. The topological polar surface area (TPSA) is 183 Å². The van der Waals surface area contributed by atoms with Crippen molar-refractivity contribution in [2.75, 3.05) is 46.4 Å². The highest BCUT2D eigenvalue weighted by Crippen LogP contribution is 2.48. The largest absolute Gasteiger partial charge is 0.507 e. The number of carbonyl (C=O) groups is 4. The molecule has 328 valence electrons. The fourth-order valence-corrected chi connectivity index (χ4v) is 9.41. The second-order valence-corrected chi connectivity index (χ2v) is 17.1. The summed E-state index contributed by atoms with van der Waals surface area (Å²) in [5, 5.41) is 27.0. The Bertz CT molecular complexity index is 2180. The molecule has 3 aromatic rings. The molecule has 0 radical (unpaired) electrons. The van der Waals surface area contributed by atoms with Crippen LogP contribution in [0.2, 0.25) is 0 Å². The quantitative estimate of drug-likeness (QED) is 0.176. The fourth-order valence-electron chi connectivity index (χ4n) is 8.94. The molecule has 3 aliphatic rings. The van der Waals surface area contributed by atoms with E-state index in [-0.39, 0.29) is 75.2 Å². The number of carbonyl (C=O) groups excluding carboxylic acids is 4. The number of hydrogen-bond acceptors (Lipinski definition) is 12. The number of nitrogens with one attached hydrogen (secondary N) is 1. The molecule has 0 aliphatic carbocycles. The zero-order valence-electron chi connectivity index (χ0n) is 35.6. The lowest BCUT2D eigenvalue weighted by Gasteiger charge is -2.43. The molecule has 3 aliphatic heterocycles. The summed E-state index contributed by atoms with van der Waals surface area (Å²) < 4.78 is 24.5. The van der Waals surface area contributed by atoms with Crippen molar-refractivity contribution in [3.8, 4) is 28.7 Å². The van der Waals surface area contributed by atoms with Gasteiger partial charge in [0.2, 0.25) is 17.6 Å². The van der Waals surface area contributed by atoms with E-state index in [1.807, 2.05) is 12.3 Å². The van der Waals surface area contributed by atoms with Gasteiger partial charge in [0.1, 0.15) is 28.9 Å². The minimum Gasteiger partial charge on any atom is -0.507 e. The van der Waals surface area contributed by atoms with Gasteiger partial charge in [0.15, 0.2) is 11.5 Å². The lowest BCUT2D eigenvalue weighted by molar-refractivity contribution is -0.139. The van der Waals surface area contributed by atoms with Crippen LogP contribution in [-0.2, 0) is 25.7 Å². The molecule has 2 amide bonds. The van der Waals surface area contributed by atoms with Crippen molar-refractivity contribution in [2.45, 2.75) is 95.2 Å². The molecule has 4 heterocycles. The highest BCUT2D eigenvalue weighted by molar-refractivity contribution is 7.98. The van der Waals surface area contributed by atoms with E-state index in [1.54, 1.807) is 64.6 Å². The number of thioether (sulfide) groups is 1. The van der Waals surface area contributed by atoms with Crippen LogP contribution in [0.15, 0.2) is 47.3 Å². The van der Waals surface area contributed by atoms with E-state index in [0.717, 1.165) is 12.1 Å². The van der Waals surface area contributed by atoms with Gasteiger partial charge in [-0.25, -0.2) is 4.79 Å². The number of fused-ring (bicyclic) bond motifs is 5. The van der Waals surface area contributed by atoms with Crippen LogP contribution in [0.25, 0.3) is 6.08 Å². The van der Waals surface area contributed by atoms with Crippen molar-refractivity contribution in [2.24, 2.45) is 5.92 Å². The van der Waals surface area contributed by atoms with Crippen LogP contribution in [-0.4, -0.2) is 102 Å². The first-order valence-corrected chi connectivity index (χ1v) is 22.3. The number of phenols is 2. The summed E-state index contributed by atoms with van der Waals surface area (Å²) in [5.41, 5.74) is 1.14. The number of benzene rings is 2. The molecule has 3 N–H and O–H groups in total. The average molecular weight is 860 g/mol. The molecular formula is C46H57N3O11S. The van der Waals surface area contributed by atoms with Gasteiger partial charge in [-0.3, -0.25) is 19.2 Å². The standard InChI is InChI=1S/C46H57N3O11S/c1-27-11-9-14-32(50)13-8-6-7-12-29-20-36(51)42(43(54)41(29)46(56)60-27)33(30-21-37(57-2)44(59-4)38(22-30)58-3)23-39(52)47-34(17-18-61-5)45(55)48-24-28-19-31(26-48)35-15-10-16-40(53)49(35)25-28/h7,10,12,15-16,20-22,27-28,31,33-34,51,54H,6,8-9,11,13-14,17-19,23-26H2,1-5H3,(H,47,52)/b12-7+/t27-,28+,31-,33?,34-/m0/s1. The van der Waals surface area contributed by atoms with E-state index >= 15 is 0 Å². The van der Waals surface area contributed by atoms with Crippen LogP contribution < -0.4 is 25.1 Å². The molecule has 5 atom stereocenters. The van der Waals surface area contributed by atoms with Crippen LogP contribution in [0.5, 0.6) is 28.7 Å². The van der Waals surface area contributed by atoms with Crippen molar-refractivity contribution in [3.63, 3.8) is 0 Å². The molecule has 0 spiro atoms. The molecule has 2 aromatic carbocycles. The SMILES string of the molecule is COc1cc(C(CC(=O)N[C@@H](CCSC)C(=O)N2C[C@H]3C[C@@H](C2)c2cccc(=O)n2C3)c2c(O)cc3c(c2O)C(=O)O[C@@H](C)CCCC(=O)CCC/C=C/3)cc(OC)c1OC. The predicted molar refractivity (Wildman–Crippen MR) is 232 cm³/mol. The van der Waals surface area contributed by atoms with Gasteiger partial charge < -0.3 is 43.9 Å². The number of pyridine rings is 1. The van der Waals surface area contributed by atoms with E-state index in [9.17, 15) is 34.2 Å². The van der Waals surface area contributed by atoms with Gasteiger partial charge in [0, 0.05) is 68.1 Å². The number of likely N-dealkylation sites (tertiary alicyclic amines) is 1. The van der Waals surface area contributed by atoms with E-state index in [4.69, 9.17) is 18.9 Å². The van der Waals surface area contributed by atoms with Crippen LogP contribution >= 0.6 is 11.8 Å². The molecule has 0 saturated carbocycles. The van der Waals surface area contributed by atoms with Crippen molar-refractivity contribution >= 4 is 41.4 Å². The monoisotopic (exact) mass is 859 g/mol. The first-order valence-electron chi connectivity index (χ1n) is 20.9. The third kappa shape index (κ3) is 10.4. The van der Waals surface area contributed by atoms with E-state index < -0.39 is 35.7 Å². The zero-order chi connectivity index (χ0) is 43.8. The second-order valence-electron chi connectivity index (χ2n) is 16.1. The van der Waals surface area contributed by atoms with Gasteiger partial charge in [-0.1, -0.05) is 18.2 Å². The van der Waals surface area contributed by atoms with Gasteiger partial charge in [-0.05, 0) is 98.8 Å². The van der Waals surface area contributed by atoms with E-state index in [0.29, 0.717) is 75.9 Å². The van der Waals surface area contributed by atoms with Crippen molar-refractivity contribution in [1.82, 2.24) is 14.8 Å². The Morgan fingerprint density at radius 1 is 0.984 bits per heavy atom.